The molecular weight excluding hydrogens is 240 g/mol. The van der Waals surface area contributed by atoms with Crippen molar-refractivity contribution >= 4 is 11.7 Å². The molecule has 1 N–H and O–H groups in total. The van der Waals surface area contributed by atoms with Crippen LogP contribution in [-0.2, 0) is 0 Å². The number of pyridine rings is 1. The van der Waals surface area contributed by atoms with Crippen LogP contribution in [0.25, 0.3) is 0 Å². The molecule has 0 aliphatic carbocycles. The summed E-state index contributed by atoms with van der Waals surface area (Å²) < 4.78 is 0. The van der Waals surface area contributed by atoms with Crippen molar-refractivity contribution in [3.8, 4) is 0 Å². The summed E-state index contributed by atoms with van der Waals surface area (Å²) >= 11 is 0. The number of nitrogens with zero attached hydrogens (tertiary/aromatic N) is 3. The molecule has 2 aliphatic heterocycles. The summed E-state index contributed by atoms with van der Waals surface area (Å²) in [5.41, 5.74) is 0.703. The molecule has 1 aromatic heterocycles. The van der Waals surface area contributed by atoms with Crippen LogP contribution in [0.5, 0.6) is 0 Å². The van der Waals surface area contributed by atoms with Crippen LogP contribution in [0.4, 0.5) is 5.82 Å². The molecular formula is C14H20N4O. The van der Waals surface area contributed by atoms with Crippen molar-refractivity contribution in [3.63, 3.8) is 0 Å². The van der Waals surface area contributed by atoms with Crippen LogP contribution in [0, 0.1) is 0 Å². The van der Waals surface area contributed by atoms with Gasteiger partial charge in [-0.25, -0.2) is 4.98 Å². The van der Waals surface area contributed by atoms with Crippen LogP contribution >= 0.6 is 0 Å². The fourth-order valence-electron chi connectivity index (χ4n) is 3.05. The summed E-state index contributed by atoms with van der Waals surface area (Å²) in [6.07, 6.45) is 4.09. The fraction of sp³-hybridized carbons (Fsp3) is 0.571. The molecule has 0 radical (unpaired) electrons. The van der Waals surface area contributed by atoms with Crippen LogP contribution < -0.4 is 10.2 Å². The predicted molar refractivity (Wildman–Crippen MR) is 74.4 cm³/mol. The van der Waals surface area contributed by atoms with E-state index < -0.39 is 0 Å². The van der Waals surface area contributed by atoms with Crippen molar-refractivity contribution in [3.05, 3.63) is 23.9 Å². The Morgan fingerprint density at radius 2 is 2.05 bits per heavy atom. The molecule has 2 bridgehead atoms. The molecule has 1 aromatic rings. The zero-order valence-corrected chi connectivity index (χ0v) is 11.5. The highest BCUT2D eigenvalue weighted by Crippen LogP contribution is 2.23. The largest absolute Gasteiger partial charge is 0.362 e. The van der Waals surface area contributed by atoms with Crippen molar-refractivity contribution in [1.29, 1.82) is 0 Å². The first-order chi connectivity index (χ1) is 9.15. The van der Waals surface area contributed by atoms with E-state index in [0.717, 1.165) is 18.9 Å². The lowest BCUT2D eigenvalue weighted by Crippen LogP contribution is -2.53. The first-order valence-corrected chi connectivity index (χ1v) is 6.83. The van der Waals surface area contributed by atoms with Crippen molar-refractivity contribution in [2.45, 2.75) is 24.9 Å². The Labute approximate surface area is 113 Å². The zero-order chi connectivity index (χ0) is 13.4. The van der Waals surface area contributed by atoms with Gasteiger partial charge in [0.2, 0.25) is 0 Å². The van der Waals surface area contributed by atoms with Gasteiger partial charge in [0, 0.05) is 45.5 Å². The van der Waals surface area contributed by atoms with Crippen LogP contribution in [0.15, 0.2) is 18.3 Å². The highest BCUT2D eigenvalue weighted by Gasteiger charge is 2.35. The summed E-state index contributed by atoms with van der Waals surface area (Å²) in [6.45, 7) is 1.63. The van der Waals surface area contributed by atoms with Gasteiger partial charge in [0.25, 0.3) is 5.91 Å². The van der Waals surface area contributed by atoms with E-state index in [1.54, 1.807) is 6.20 Å². The van der Waals surface area contributed by atoms with Gasteiger partial charge in [-0.05, 0) is 25.0 Å². The van der Waals surface area contributed by atoms with E-state index in [1.165, 1.54) is 12.8 Å². The molecule has 102 valence electrons. The molecule has 0 aromatic carbocycles. The molecule has 3 heterocycles. The molecule has 0 spiro atoms. The van der Waals surface area contributed by atoms with E-state index in [0.29, 0.717) is 17.6 Å². The minimum atomic E-state index is 0.107. The normalized spacial score (nSPS) is 25.5. The summed E-state index contributed by atoms with van der Waals surface area (Å²) in [7, 11) is 3.83. The maximum absolute atomic E-state index is 12.7. The van der Waals surface area contributed by atoms with Gasteiger partial charge in [-0.2, -0.15) is 0 Å². The Bertz CT molecular complexity index is 476. The van der Waals surface area contributed by atoms with Crippen LogP contribution in [0.3, 0.4) is 0 Å². The minimum Gasteiger partial charge on any atom is -0.362 e. The van der Waals surface area contributed by atoms with Gasteiger partial charge in [0.15, 0.2) is 0 Å². The van der Waals surface area contributed by atoms with E-state index in [4.69, 9.17) is 0 Å². The van der Waals surface area contributed by atoms with E-state index in [2.05, 4.69) is 10.3 Å². The monoisotopic (exact) mass is 260 g/mol. The molecule has 2 aliphatic rings. The topological polar surface area (TPSA) is 48.5 Å². The van der Waals surface area contributed by atoms with Gasteiger partial charge < -0.3 is 15.1 Å². The smallest absolute Gasteiger partial charge is 0.257 e. The van der Waals surface area contributed by atoms with Crippen LogP contribution in [0.2, 0.25) is 0 Å². The average Bonchev–Trinajstić information content (AvgIpc) is 2.76. The fourth-order valence-corrected chi connectivity index (χ4v) is 3.05. The molecule has 2 saturated heterocycles. The maximum atomic E-state index is 12.7. The number of likely N-dealkylation sites (tertiary alicyclic amines) is 1. The number of fused-ring (bicyclic) bond motifs is 2. The lowest BCUT2D eigenvalue weighted by molar-refractivity contribution is 0.0698. The number of carbonyl (C=O) groups excluding carboxylic acids is 1. The van der Waals surface area contributed by atoms with E-state index >= 15 is 0 Å². The van der Waals surface area contributed by atoms with Crippen molar-refractivity contribution in [2.75, 3.05) is 32.1 Å². The van der Waals surface area contributed by atoms with Gasteiger partial charge in [0.05, 0.1) is 5.56 Å². The molecule has 5 heteroatoms. The highest BCUT2D eigenvalue weighted by atomic mass is 16.2. The van der Waals surface area contributed by atoms with Crippen molar-refractivity contribution in [1.82, 2.24) is 15.2 Å². The van der Waals surface area contributed by atoms with Gasteiger partial charge in [-0.15, -0.1) is 0 Å². The van der Waals surface area contributed by atoms with Gasteiger partial charge in [0.1, 0.15) is 5.82 Å². The van der Waals surface area contributed by atoms with Gasteiger partial charge in [-0.3, -0.25) is 4.79 Å². The molecule has 0 saturated carbocycles. The second-order valence-electron chi connectivity index (χ2n) is 5.62. The van der Waals surface area contributed by atoms with Crippen molar-refractivity contribution in [2.24, 2.45) is 0 Å². The number of piperazine rings is 1. The highest BCUT2D eigenvalue weighted by molar-refractivity contribution is 5.99. The number of rotatable bonds is 2. The van der Waals surface area contributed by atoms with Crippen LogP contribution in [-0.4, -0.2) is 55.1 Å². The summed E-state index contributed by atoms with van der Waals surface area (Å²) in [5.74, 6) is 0.855. The van der Waals surface area contributed by atoms with E-state index in [9.17, 15) is 4.79 Å². The van der Waals surface area contributed by atoms with Crippen LogP contribution in [0.1, 0.15) is 23.2 Å². The number of nitrogens with one attached hydrogen (secondary N) is 1. The third kappa shape index (κ3) is 2.30. The molecule has 2 atom stereocenters. The molecule has 2 fully saturated rings. The van der Waals surface area contributed by atoms with Crippen molar-refractivity contribution < 1.29 is 4.79 Å². The predicted octanol–water partition coefficient (Wildman–Crippen LogP) is 0.724. The number of amides is 1. The second-order valence-corrected chi connectivity index (χ2v) is 5.62. The van der Waals surface area contributed by atoms with E-state index in [1.807, 2.05) is 36.0 Å². The molecule has 5 nitrogen and oxygen atoms in total. The molecule has 2 unspecified atom stereocenters. The standard InChI is InChI=1S/C14H20N4O/c1-17(2)13-12(4-3-7-15-13)14(19)18-8-10-5-6-11(9-18)16-10/h3-4,7,10-11,16H,5-6,8-9H2,1-2H3. The van der Waals surface area contributed by atoms with Gasteiger partial charge >= 0.3 is 0 Å². The quantitative estimate of drug-likeness (QED) is 0.851. The maximum Gasteiger partial charge on any atom is 0.257 e. The number of hydrogen-bond donors (Lipinski definition) is 1. The first-order valence-electron chi connectivity index (χ1n) is 6.83. The molecule has 19 heavy (non-hydrogen) atoms. The second kappa shape index (κ2) is 4.81. The Morgan fingerprint density at radius 3 is 2.68 bits per heavy atom. The number of aromatic nitrogens is 1. The van der Waals surface area contributed by atoms with Gasteiger partial charge in [-0.1, -0.05) is 0 Å². The zero-order valence-electron chi connectivity index (χ0n) is 11.5. The summed E-state index contributed by atoms with van der Waals surface area (Å²) in [4.78, 5) is 20.9. The van der Waals surface area contributed by atoms with E-state index in [-0.39, 0.29) is 5.91 Å². The Hall–Kier alpha value is -1.62. The summed E-state index contributed by atoms with van der Waals surface area (Å²) in [5, 5.41) is 3.54. The molecule has 1 amide bonds. The minimum absolute atomic E-state index is 0.107. The Balaban J connectivity index is 1.84. The Morgan fingerprint density at radius 1 is 1.37 bits per heavy atom. The number of anilines is 1. The first kappa shape index (κ1) is 12.4. The Kier molecular flexibility index (Phi) is 3.14. The third-order valence-electron chi connectivity index (χ3n) is 3.94. The average molecular weight is 260 g/mol. The molecule has 3 rings (SSSR count). The lowest BCUT2D eigenvalue weighted by Gasteiger charge is -2.33. The third-order valence-corrected chi connectivity index (χ3v) is 3.94. The summed E-state index contributed by atoms with van der Waals surface area (Å²) in [6, 6.07) is 4.65. The number of hydrogen-bond acceptors (Lipinski definition) is 4. The lowest BCUT2D eigenvalue weighted by atomic mass is 10.1. The number of carbonyl (C=O) groups is 1. The SMILES string of the molecule is CN(C)c1ncccc1C(=O)N1CC2CCC(C1)N2.